The van der Waals surface area contributed by atoms with Crippen LogP contribution in [0.1, 0.15) is 28.2 Å². The number of rotatable bonds is 6. The van der Waals surface area contributed by atoms with Crippen LogP contribution in [0.4, 0.5) is 5.69 Å². The fraction of sp³-hybridized carbons (Fsp3) is 0.400. The third-order valence-corrected chi connectivity index (χ3v) is 4.51. The molecule has 0 radical (unpaired) electrons. The first-order valence-corrected chi connectivity index (χ1v) is 8.07. The molecule has 0 saturated carbocycles. The number of hydrogen-bond donors (Lipinski definition) is 1. The number of hydrogen-bond acceptors (Lipinski definition) is 3. The SMILES string of the molecule is COc1cc(C)c(C)cc1C(CN)Cc1ccc(N(C)C)cc1. The molecular weight excluding hydrogens is 284 g/mol. The molecule has 2 N–H and O–H groups in total. The van der Waals surface area contributed by atoms with Crippen LogP contribution in [-0.4, -0.2) is 27.7 Å². The minimum absolute atomic E-state index is 0.259. The smallest absolute Gasteiger partial charge is 0.122 e. The summed E-state index contributed by atoms with van der Waals surface area (Å²) >= 11 is 0. The monoisotopic (exact) mass is 312 g/mol. The minimum atomic E-state index is 0.259. The van der Waals surface area contributed by atoms with Gasteiger partial charge in [0.25, 0.3) is 0 Å². The third-order valence-electron chi connectivity index (χ3n) is 4.51. The molecular formula is C20H28N2O. The summed E-state index contributed by atoms with van der Waals surface area (Å²) in [5.41, 5.74) is 12.3. The standard InChI is InChI=1S/C20H28N2O/c1-14-10-19(20(23-5)11-15(14)2)17(13-21)12-16-6-8-18(9-7-16)22(3)4/h6-11,17H,12-13,21H2,1-5H3. The molecule has 0 spiro atoms. The Bertz CT molecular complexity index is 647. The quantitative estimate of drug-likeness (QED) is 0.884. The van der Waals surface area contributed by atoms with Crippen molar-refractivity contribution >= 4 is 5.69 Å². The first-order chi connectivity index (χ1) is 11.0. The van der Waals surface area contributed by atoms with E-state index >= 15 is 0 Å². The van der Waals surface area contributed by atoms with E-state index in [1.807, 2.05) is 0 Å². The van der Waals surface area contributed by atoms with Crippen molar-refractivity contribution in [2.45, 2.75) is 26.2 Å². The Morgan fingerprint density at radius 2 is 1.65 bits per heavy atom. The van der Waals surface area contributed by atoms with Gasteiger partial charge in [0, 0.05) is 25.7 Å². The van der Waals surface area contributed by atoms with Gasteiger partial charge in [-0.3, -0.25) is 0 Å². The van der Waals surface area contributed by atoms with Crippen LogP contribution in [-0.2, 0) is 6.42 Å². The molecule has 0 aliphatic carbocycles. The van der Waals surface area contributed by atoms with Crippen molar-refractivity contribution in [2.24, 2.45) is 5.73 Å². The molecule has 3 nitrogen and oxygen atoms in total. The van der Waals surface area contributed by atoms with Gasteiger partial charge in [0.05, 0.1) is 7.11 Å². The Balaban J connectivity index is 2.28. The Labute approximate surface area is 140 Å². The predicted molar refractivity (Wildman–Crippen MR) is 98.7 cm³/mol. The van der Waals surface area contributed by atoms with Crippen LogP contribution in [0.25, 0.3) is 0 Å². The lowest BCUT2D eigenvalue weighted by atomic mass is 9.89. The van der Waals surface area contributed by atoms with Crippen molar-refractivity contribution in [2.75, 3.05) is 32.6 Å². The van der Waals surface area contributed by atoms with Crippen molar-refractivity contribution in [1.82, 2.24) is 0 Å². The average Bonchev–Trinajstić information content (AvgIpc) is 2.55. The number of nitrogens with zero attached hydrogens (tertiary/aromatic N) is 1. The second-order valence-corrected chi connectivity index (χ2v) is 6.38. The van der Waals surface area contributed by atoms with E-state index in [-0.39, 0.29) is 5.92 Å². The normalized spacial score (nSPS) is 12.1. The molecule has 2 aromatic carbocycles. The highest BCUT2D eigenvalue weighted by Gasteiger charge is 2.17. The third kappa shape index (κ3) is 4.05. The lowest BCUT2D eigenvalue weighted by Gasteiger charge is -2.21. The molecule has 1 atom stereocenters. The van der Waals surface area contributed by atoms with E-state index in [4.69, 9.17) is 10.5 Å². The maximum atomic E-state index is 6.08. The van der Waals surface area contributed by atoms with Crippen LogP contribution in [0, 0.1) is 13.8 Å². The summed E-state index contributed by atoms with van der Waals surface area (Å²) in [6, 6.07) is 13.0. The van der Waals surface area contributed by atoms with E-state index in [0.29, 0.717) is 6.54 Å². The summed E-state index contributed by atoms with van der Waals surface area (Å²) in [7, 11) is 5.84. The lowest BCUT2D eigenvalue weighted by molar-refractivity contribution is 0.404. The average molecular weight is 312 g/mol. The Kier molecular flexibility index (Phi) is 5.67. The van der Waals surface area contributed by atoms with Crippen molar-refractivity contribution in [3.63, 3.8) is 0 Å². The minimum Gasteiger partial charge on any atom is -0.496 e. The van der Waals surface area contributed by atoms with Gasteiger partial charge in [-0.05, 0) is 67.3 Å². The maximum Gasteiger partial charge on any atom is 0.122 e. The second kappa shape index (κ2) is 7.51. The first-order valence-electron chi connectivity index (χ1n) is 8.07. The number of ether oxygens (including phenoxy) is 1. The van der Waals surface area contributed by atoms with Gasteiger partial charge in [-0.15, -0.1) is 0 Å². The predicted octanol–water partition coefficient (Wildman–Crippen LogP) is 3.66. The molecule has 0 amide bonds. The molecule has 0 heterocycles. The van der Waals surface area contributed by atoms with Crippen molar-refractivity contribution in [1.29, 1.82) is 0 Å². The van der Waals surface area contributed by atoms with Crippen molar-refractivity contribution in [3.05, 3.63) is 58.7 Å². The molecule has 0 bridgehead atoms. The largest absolute Gasteiger partial charge is 0.496 e. The summed E-state index contributed by atoms with van der Waals surface area (Å²) in [4.78, 5) is 2.11. The lowest BCUT2D eigenvalue weighted by Crippen LogP contribution is -2.16. The van der Waals surface area contributed by atoms with Gasteiger partial charge in [0.2, 0.25) is 0 Å². The van der Waals surface area contributed by atoms with Crippen molar-refractivity contribution in [3.8, 4) is 5.75 Å². The topological polar surface area (TPSA) is 38.5 Å². The van der Waals surface area contributed by atoms with Crippen LogP contribution in [0.5, 0.6) is 5.75 Å². The zero-order valence-electron chi connectivity index (χ0n) is 14.9. The zero-order chi connectivity index (χ0) is 17.0. The molecule has 0 saturated heterocycles. The van der Waals surface area contributed by atoms with Gasteiger partial charge in [-0.2, -0.15) is 0 Å². The van der Waals surface area contributed by atoms with Gasteiger partial charge < -0.3 is 15.4 Å². The van der Waals surface area contributed by atoms with E-state index in [0.717, 1.165) is 12.2 Å². The van der Waals surface area contributed by atoms with E-state index in [9.17, 15) is 0 Å². The van der Waals surface area contributed by atoms with E-state index in [2.05, 4.69) is 69.2 Å². The van der Waals surface area contributed by atoms with Gasteiger partial charge >= 0.3 is 0 Å². The fourth-order valence-corrected chi connectivity index (χ4v) is 2.84. The van der Waals surface area contributed by atoms with Crippen LogP contribution < -0.4 is 15.4 Å². The van der Waals surface area contributed by atoms with E-state index in [1.54, 1.807) is 7.11 Å². The van der Waals surface area contributed by atoms with E-state index in [1.165, 1.54) is 27.9 Å². The van der Waals surface area contributed by atoms with Crippen LogP contribution >= 0.6 is 0 Å². The molecule has 1 unspecified atom stereocenters. The van der Waals surface area contributed by atoms with Crippen LogP contribution in [0.3, 0.4) is 0 Å². The Morgan fingerprint density at radius 1 is 1.04 bits per heavy atom. The van der Waals surface area contributed by atoms with Gasteiger partial charge in [0.15, 0.2) is 0 Å². The second-order valence-electron chi connectivity index (χ2n) is 6.38. The number of methoxy groups -OCH3 is 1. The summed E-state index contributed by atoms with van der Waals surface area (Å²) in [5, 5.41) is 0. The zero-order valence-corrected chi connectivity index (χ0v) is 14.9. The van der Waals surface area contributed by atoms with Gasteiger partial charge in [-0.1, -0.05) is 18.2 Å². The number of benzene rings is 2. The van der Waals surface area contributed by atoms with Crippen LogP contribution in [0.2, 0.25) is 0 Å². The fourth-order valence-electron chi connectivity index (χ4n) is 2.84. The van der Waals surface area contributed by atoms with Crippen molar-refractivity contribution < 1.29 is 4.74 Å². The number of anilines is 1. The van der Waals surface area contributed by atoms with Gasteiger partial charge in [0.1, 0.15) is 5.75 Å². The van der Waals surface area contributed by atoms with E-state index < -0.39 is 0 Å². The highest BCUT2D eigenvalue weighted by Crippen LogP contribution is 2.31. The molecule has 0 aliphatic heterocycles. The maximum absolute atomic E-state index is 6.08. The highest BCUT2D eigenvalue weighted by molar-refractivity contribution is 5.47. The summed E-state index contributed by atoms with van der Waals surface area (Å²) in [5.74, 6) is 1.20. The van der Waals surface area contributed by atoms with Gasteiger partial charge in [-0.25, -0.2) is 0 Å². The number of nitrogens with two attached hydrogens (primary N) is 1. The Hall–Kier alpha value is -2.00. The summed E-state index contributed by atoms with van der Waals surface area (Å²) < 4.78 is 5.59. The first kappa shape index (κ1) is 17.4. The molecule has 3 heteroatoms. The summed E-state index contributed by atoms with van der Waals surface area (Å²) in [6.07, 6.45) is 0.920. The summed E-state index contributed by atoms with van der Waals surface area (Å²) in [6.45, 7) is 4.85. The Morgan fingerprint density at radius 3 is 2.17 bits per heavy atom. The number of aryl methyl sites for hydroxylation is 2. The van der Waals surface area contributed by atoms with Crippen LogP contribution in [0.15, 0.2) is 36.4 Å². The highest BCUT2D eigenvalue weighted by atomic mass is 16.5. The molecule has 0 fully saturated rings. The molecule has 0 aromatic heterocycles. The molecule has 124 valence electrons. The molecule has 2 aromatic rings. The molecule has 0 aliphatic rings. The molecule has 23 heavy (non-hydrogen) atoms. The molecule has 2 rings (SSSR count).